The minimum absolute atomic E-state index is 0.00819. The van der Waals surface area contributed by atoms with E-state index in [1.165, 1.54) is 24.3 Å². The van der Waals surface area contributed by atoms with Gasteiger partial charge in [0.15, 0.2) is 0 Å². The Labute approximate surface area is 96.3 Å². The van der Waals surface area contributed by atoms with Crippen LogP contribution in [-0.4, -0.2) is 16.7 Å². The number of nitro groups is 1. The first-order chi connectivity index (χ1) is 8.02. The summed E-state index contributed by atoms with van der Waals surface area (Å²) in [5.74, 6) is -1.07. The second-order valence-corrected chi connectivity index (χ2v) is 3.56. The fraction of sp³-hybridized carbons (Fsp3) is 0.0909. The molecule has 0 unspecified atom stereocenters. The molecule has 1 aliphatic rings. The quantitative estimate of drug-likeness (QED) is 0.334. The smallest absolute Gasteiger partial charge is 0.274 e. The van der Waals surface area contributed by atoms with Gasteiger partial charge in [0.05, 0.1) is 11.3 Å². The van der Waals surface area contributed by atoms with Gasteiger partial charge in [-0.1, -0.05) is 18.7 Å². The Morgan fingerprint density at radius 1 is 1.29 bits per heavy atom. The molecule has 17 heavy (non-hydrogen) atoms. The molecule has 0 spiro atoms. The Morgan fingerprint density at radius 2 is 1.94 bits per heavy atom. The Morgan fingerprint density at radius 3 is 2.47 bits per heavy atom. The number of para-hydroxylation sites is 2. The molecule has 6 nitrogen and oxygen atoms in total. The zero-order valence-corrected chi connectivity index (χ0v) is 8.75. The molecule has 1 saturated heterocycles. The molecule has 1 heterocycles. The van der Waals surface area contributed by atoms with Crippen LogP contribution in [0.1, 0.15) is 6.42 Å². The monoisotopic (exact) mass is 232 g/mol. The first-order valence-electron chi connectivity index (χ1n) is 4.81. The lowest BCUT2D eigenvalue weighted by Crippen LogP contribution is -2.29. The third-order valence-electron chi connectivity index (χ3n) is 2.44. The van der Waals surface area contributed by atoms with E-state index >= 15 is 0 Å². The maximum atomic E-state index is 11.7. The molecule has 6 heteroatoms. The highest BCUT2D eigenvalue weighted by Gasteiger charge is 2.37. The van der Waals surface area contributed by atoms with Crippen molar-refractivity contribution in [1.29, 1.82) is 0 Å². The summed E-state index contributed by atoms with van der Waals surface area (Å²) in [4.78, 5) is 34.3. The van der Waals surface area contributed by atoms with Gasteiger partial charge in [0, 0.05) is 11.6 Å². The Bertz CT molecular complexity index is 550. The van der Waals surface area contributed by atoms with Crippen molar-refractivity contribution in [2.45, 2.75) is 6.42 Å². The van der Waals surface area contributed by atoms with E-state index in [4.69, 9.17) is 0 Å². The molecule has 2 rings (SSSR count). The van der Waals surface area contributed by atoms with Gasteiger partial charge >= 0.3 is 0 Å². The van der Waals surface area contributed by atoms with Crippen LogP contribution in [0.15, 0.2) is 36.4 Å². The Kier molecular flexibility index (Phi) is 2.47. The molecule has 0 atom stereocenters. The molecule has 1 aromatic rings. The Hall–Kier alpha value is -2.50. The molecule has 0 bridgehead atoms. The predicted molar refractivity (Wildman–Crippen MR) is 59.3 cm³/mol. The second kappa shape index (κ2) is 3.82. The molecular weight excluding hydrogens is 224 g/mol. The van der Waals surface area contributed by atoms with Crippen molar-refractivity contribution in [1.82, 2.24) is 0 Å². The minimum Gasteiger partial charge on any atom is -0.274 e. The van der Waals surface area contributed by atoms with Crippen LogP contribution in [0.3, 0.4) is 0 Å². The van der Waals surface area contributed by atoms with E-state index in [1.54, 1.807) is 0 Å². The topological polar surface area (TPSA) is 80.5 Å². The first-order valence-corrected chi connectivity index (χ1v) is 4.81. The lowest BCUT2D eigenvalue weighted by atomic mass is 10.2. The van der Waals surface area contributed by atoms with Crippen LogP contribution in [-0.2, 0) is 9.59 Å². The lowest BCUT2D eigenvalue weighted by Gasteiger charge is -2.13. The number of amides is 2. The van der Waals surface area contributed by atoms with Crippen LogP contribution in [0.4, 0.5) is 11.4 Å². The van der Waals surface area contributed by atoms with Crippen LogP contribution >= 0.6 is 0 Å². The van der Waals surface area contributed by atoms with E-state index < -0.39 is 16.7 Å². The number of hydrogen-bond acceptors (Lipinski definition) is 4. The summed E-state index contributed by atoms with van der Waals surface area (Å²) in [6.45, 7) is 3.45. The van der Waals surface area contributed by atoms with Gasteiger partial charge in [0.1, 0.15) is 5.69 Å². The number of anilines is 1. The van der Waals surface area contributed by atoms with Gasteiger partial charge in [0.2, 0.25) is 5.91 Å². The van der Waals surface area contributed by atoms with E-state index in [1.807, 2.05) is 0 Å². The summed E-state index contributed by atoms with van der Waals surface area (Å²) >= 11 is 0. The van der Waals surface area contributed by atoms with E-state index in [0.29, 0.717) is 0 Å². The van der Waals surface area contributed by atoms with Crippen LogP contribution < -0.4 is 4.90 Å². The maximum absolute atomic E-state index is 11.7. The van der Waals surface area contributed by atoms with Crippen molar-refractivity contribution in [2.24, 2.45) is 0 Å². The van der Waals surface area contributed by atoms with Crippen LogP contribution in [0.2, 0.25) is 0 Å². The van der Waals surface area contributed by atoms with E-state index in [9.17, 15) is 19.7 Å². The molecular formula is C11H8N2O4. The number of rotatable bonds is 2. The summed E-state index contributed by atoms with van der Waals surface area (Å²) in [6.07, 6.45) is -0.0924. The van der Waals surface area contributed by atoms with Gasteiger partial charge in [-0.15, -0.1) is 0 Å². The number of carbonyl (C=O) groups is 2. The van der Waals surface area contributed by atoms with Crippen molar-refractivity contribution >= 4 is 23.2 Å². The number of carbonyl (C=O) groups excluding carboxylic acids is 2. The van der Waals surface area contributed by atoms with E-state index in [2.05, 4.69) is 6.58 Å². The number of benzene rings is 1. The molecule has 0 radical (unpaired) electrons. The van der Waals surface area contributed by atoms with Crippen LogP contribution in [0.25, 0.3) is 0 Å². The van der Waals surface area contributed by atoms with Crippen molar-refractivity contribution in [2.75, 3.05) is 4.90 Å². The normalized spacial score (nSPS) is 15.5. The third-order valence-corrected chi connectivity index (χ3v) is 2.44. The van der Waals surface area contributed by atoms with E-state index in [-0.39, 0.29) is 23.4 Å². The van der Waals surface area contributed by atoms with Crippen LogP contribution in [0, 0.1) is 10.1 Å². The molecule has 1 fully saturated rings. The number of nitrogens with zero attached hydrogens (tertiary/aromatic N) is 2. The molecule has 2 amide bonds. The largest absolute Gasteiger partial charge is 0.293 e. The standard InChI is InChI=1S/C11H8N2O4/c1-7-6-10(14)12(11(7)15)8-4-2-3-5-9(8)13(16)17/h2-5H,1,6H2. The minimum atomic E-state index is -0.628. The fourth-order valence-corrected chi connectivity index (χ4v) is 1.66. The van der Waals surface area contributed by atoms with Crippen LogP contribution in [0.5, 0.6) is 0 Å². The molecule has 1 aliphatic heterocycles. The highest BCUT2D eigenvalue weighted by molar-refractivity contribution is 6.28. The first kappa shape index (κ1) is 11.0. The predicted octanol–water partition coefficient (Wildman–Crippen LogP) is 1.41. The highest BCUT2D eigenvalue weighted by Crippen LogP contribution is 2.32. The summed E-state index contributed by atoms with van der Waals surface area (Å²) in [6, 6.07) is 5.62. The number of imide groups is 1. The third kappa shape index (κ3) is 1.69. The number of hydrogen-bond donors (Lipinski definition) is 0. The SMILES string of the molecule is C=C1CC(=O)N(c2ccccc2[N+](=O)[O-])C1=O. The van der Waals surface area contributed by atoms with Gasteiger partial charge in [0.25, 0.3) is 11.6 Å². The molecule has 1 aromatic carbocycles. The Balaban J connectivity index is 2.55. The van der Waals surface area contributed by atoms with E-state index in [0.717, 1.165) is 4.90 Å². The zero-order chi connectivity index (χ0) is 12.6. The molecule has 0 aromatic heterocycles. The van der Waals surface area contributed by atoms with Crippen molar-refractivity contribution < 1.29 is 14.5 Å². The maximum Gasteiger partial charge on any atom is 0.293 e. The molecule has 86 valence electrons. The van der Waals surface area contributed by atoms with Crippen molar-refractivity contribution in [3.63, 3.8) is 0 Å². The summed E-state index contributed by atoms with van der Waals surface area (Å²) in [7, 11) is 0. The van der Waals surface area contributed by atoms with Gasteiger partial charge in [-0.3, -0.25) is 19.7 Å². The summed E-state index contributed by atoms with van der Waals surface area (Å²) in [5, 5.41) is 10.8. The molecule has 0 N–H and O–H groups in total. The fourth-order valence-electron chi connectivity index (χ4n) is 1.66. The number of nitro benzene ring substituents is 1. The average molecular weight is 232 g/mol. The highest BCUT2D eigenvalue weighted by atomic mass is 16.6. The summed E-state index contributed by atoms with van der Waals surface area (Å²) in [5.41, 5.74) is -0.136. The van der Waals surface area contributed by atoms with Gasteiger partial charge in [-0.05, 0) is 6.07 Å². The van der Waals surface area contributed by atoms with Gasteiger partial charge in [-0.2, -0.15) is 0 Å². The van der Waals surface area contributed by atoms with Gasteiger partial charge < -0.3 is 0 Å². The summed E-state index contributed by atoms with van der Waals surface area (Å²) < 4.78 is 0. The average Bonchev–Trinajstić information content (AvgIpc) is 2.53. The molecule has 0 aliphatic carbocycles. The lowest BCUT2D eigenvalue weighted by molar-refractivity contribution is -0.384. The van der Waals surface area contributed by atoms with Gasteiger partial charge in [-0.25, -0.2) is 4.90 Å². The molecule has 0 saturated carbocycles. The zero-order valence-electron chi connectivity index (χ0n) is 8.75. The second-order valence-electron chi connectivity index (χ2n) is 3.56. The van der Waals surface area contributed by atoms with Crippen molar-refractivity contribution in [3.8, 4) is 0 Å². The van der Waals surface area contributed by atoms with Crippen molar-refractivity contribution in [3.05, 3.63) is 46.5 Å².